The SMILES string of the molecule is Cc1nccn1CC[C@H](C)NCCc1nc2c(s1)CCCC2. The van der Waals surface area contributed by atoms with Crippen molar-refractivity contribution < 1.29 is 0 Å². The zero-order chi connectivity index (χ0) is 15.4. The van der Waals surface area contributed by atoms with E-state index >= 15 is 0 Å². The van der Waals surface area contributed by atoms with E-state index in [0.717, 1.165) is 31.8 Å². The van der Waals surface area contributed by atoms with Crippen LogP contribution in [-0.2, 0) is 25.8 Å². The van der Waals surface area contributed by atoms with E-state index < -0.39 is 0 Å². The summed E-state index contributed by atoms with van der Waals surface area (Å²) >= 11 is 1.94. The Morgan fingerprint density at radius 1 is 1.36 bits per heavy atom. The van der Waals surface area contributed by atoms with Gasteiger partial charge in [-0.1, -0.05) is 0 Å². The van der Waals surface area contributed by atoms with Crippen LogP contribution in [0.4, 0.5) is 0 Å². The molecule has 0 bridgehead atoms. The van der Waals surface area contributed by atoms with Crippen LogP contribution in [-0.4, -0.2) is 27.1 Å². The van der Waals surface area contributed by atoms with E-state index in [1.54, 1.807) is 4.88 Å². The Hall–Kier alpha value is -1.20. The topological polar surface area (TPSA) is 42.7 Å². The van der Waals surface area contributed by atoms with Gasteiger partial charge in [-0.15, -0.1) is 11.3 Å². The van der Waals surface area contributed by atoms with Gasteiger partial charge in [-0.2, -0.15) is 0 Å². The van der Waals surface area contributed by atoms with E-state index in [-0.39, 0.29) is 0 Å². The number of thiazole rings is 1. The molecular weight excluding hydrogens is 292 g/mol. The number of aromatic nitrogens is 3. The molecule has 1 N–H and O–H groups in total. The van der Waals surface area contributed by atoms with Crippen LogP contribution in [0.2, 0.25) is 0 Å². The Bertz CT molecular complexity index is 578. The van der Waals surface area contributed by atoms with Crippen molar-refractivity contribution in [3.8, 4) is 0 Å². The Morgan fingerprint density at radius 3 is 3.00 bits per heavy atom. The Morgan fingerprint density at radius 2 is 2.23 bits per heavy atom. The highest BCUT2D eigenvalue weighted by Crippen LogP contribution is 2.26. The van der Waals surface area contributed by atoms with E-state index in [4.69, 9.17) is 4.98 Å². The molecule has 2 aromatic heterocycles. The maximum atomic E-state index is 4.81. The van der Waals surface area contributed by atoms with Gasteiger partial charge in [0, 0.05) is 42.8 Å². The highest BCUT2D eigenvalue weighted by molar-refractivity contribution is 7.11. The van der Waals surface area contributed by atoms with E-state index in [0.29, 0.717) is 6.04 Å². The molecule has 0 saturated carbocycles. The number of nitrogens with one attached hydrogen (secondary N) is 1. The van der Waals surface area contributed by atoms with Gasteiger partial charge < -0.3 is 9.88 Å². The summed E-state index contributed by atoms with van der Waals surface area (Å²) in [6, 6.07) is 0.524. The first-order valence-electron chi connectivity index (χ1n) is 8.41. The summed E-state index contributed by atoms with van der Waals surface area (Å²) in [7, 11) is 0. The fourth-order valence-corrected chi connectivity index (χ4v) is 4.17. The molecule has 0 amide bonds. The lowest BCUT2D eigenvalue weighted by Gasteiger charge is -2.14. The lowest BCUT2D eigenvalue weighted by molar-refractivity contribution is 0.475. The molecule has 2 aromatic rings. The van der Waals surface area contributed by atoms with Crippen LogP contribution in [0.1, 0.15) is 47.6 Å². The summed E-state index contributed by atoms with van der Waals surface area (Å²) in [5.74, 6) is 1.10. The largest absolute Gasteiger partial charge is 0.335 e. The lowest BCUT2D eigenvalue weighted by atomic mass is 10.0. The standard InChI is InChI=1S/C17H26N4S/c1-13(8-11-21-12-10-19-14(21)2)18-9-7-17-20-15-5-3-4-6-16(15)22-17/h10,12-13,18H,3-9,11H2,1-2H3/t13-/m0/s1. The van der Waals surface area contributed by atoms with Crippen molar-refractivity contribution in [3.63, 3.8) is 0 Å². The molecule has 0 spiro atoms. The first-order valence-corrected chi connectivity index (χ1v) is 9.22. The quantitative estimate of drug-likeness (QED) is 0.853. The van der Waals surface area contributed by atoms with Crippen LogP contribution in [0.25, 0.3) is 0 Å². The van der Waals surface area contributed by atoms with Gasteiger partial charge >= 0.3 is 0 Å². The molecule has 1 aliphatic rings. The van der Waals surface area contributed by atoms with E-state index in [2.05, 4.69) is 34.9 Å². The number of imidazole rings is 1. The smallest absolute Gasteiger partial charge is 0.105 e. The molecule has 3 rings (SSSR count). The second-order valence-electron chi connectivity index (χ2n) is 6.25. The molecule has 0 saturated heterocycles. The number of hydrogen-bond donors (Lipinski definition) is 1. The van der Waals surface area contributed by atoms with Crippen LogP contribution < -0.4 is 5.32 Å². The molecule has 5 heteroatoms. The zero-order valence-corrected chi connectivity index (χ0v) is 14.5. The van der Waals surface area contributed by atoms with Crippen molar-refractivity contribution in [2.45, 2.75) is 65.0 Å². The molecule has 2 heterocycles. The monoisotopic (exact) mass is 318 g/mol. The maximum Gasteiger partial charge on any atom is 0.105 e. The summed E-state index contributed by atoms with van der Waals surface area (Å²) in [6.07, 6.45) is 11.2. The van der Waals surface area contributed by atoms with Gasteiger partial charge in [0.1, 0.15) is 5.82 Å². The van der Waals surface area contributed by atoms with Crippen molar-refractivity contribution in [1.82, 2.24) is 19.9 Å². The number of hydrogen-bond acceptors (Lipinski definition) is 4. The molecule has 1 atom stereocenters. The average molecular weight is 318 g/mol. The Balaban J connectivity index is 1.39. The second-order valence-corrected chi connectivity index (χ2v) is 7.41. The number of nitrogens with zero attached hydrogens (tertiary/aromatic N) is 3. The van der Waals surface area contributed by atoms with Crippen LogP contribution >= 0.6 is 11.3 Å². The lowest BCUT2D eigenvalue weighted by Crippen LogP contribution is -2.29. The third kappa shape index (κ3) is 3.96. The van der Waals surface area contributed by atoms with Gasteiger partial charge in [-0.25, -0.2) is 9.97 Å². The van der Waals surface area contributed by atoms with E-state index in [9.17, 15) is 0 Å². The molecule has 1 aliphatic carbocycles. The minimum absolute atomic E-state index is 0.524. The molecular formula is C17H26N4S. The van der Waals surface area contributed by atoms with Crippen molar-refractivity contribution in [1.29, 1.82) is 0 Å². The molecule has 120 valence electrons. The van der Waals surface area contributed by atoms with Crippen LogP contribution in [0, 0.1) is 6.92 Å². The predicted octanol–water partition coefficient (Wildman–Crippen LogP) is 3.14. The Labute approximate surface area is 137 Å². The Kier molecular flexibility index (Phi) is 5.26. The molecule has 0 radical (unpaired) electrons. The molecule has 0 unspecified atom stereocenters. The first-order chi connectivity index (χ1) is 10.7. The number of aryl methyl sites for hydroxylation is 4. The van der Waals surface area contributed by atoms with Gasteiger partial charge in [0.15, 0.2) is 0 Å². The number of fused-ring (bicyclic) bond motifs is 1. The summed E-state index contributed by atoms with van der Waals surface area (Å²) in [5.41, 5.74) is 1.38. The van der Waals surface area contributed by atoms with Gasteiger partial charge in [0.25, 0.3) is 0 Å². The fraction of sp³-hybridized carbons (Fsp3) is 0.647. The van der Waals surface area contributed by atoms with Crippen LogP contribution in [0.3, 0.4) is 0 Å². The van der Waals surface area contributed by atoms with Gasteiger partial charge in [-0.05, 0) is 46.0 Å². The second kappa shape index (κ2) is 7.38. The highest BCUT2D eigenvalue weighted by atomic mass is 32.1. The van der Waals surface area contributed by atoms with E-state index in [1.807, 2.05) is 17.5 Å². The predicted molar refractivity (Wildman–Crippen MR) is 91.5 cm³/mol. The number of rotatable bonds is 7. The average Bonchev–Trinajstić information content (AvgIpc) is 3.10. The fourth-order valence-electron chi connectivity index (χ4n) is 3.01. The third-order valence-electron chi connectivity index (χ3n) is 4.45. The summed E-state index contributed by atoms with van der Waals surface area (Å²) < 4.78 is 2.22. The molecule has 0 fully saturated rings. The summed E-state index contributed by atoms with van der Waals surface area (Å²) in [4.78, 5) is 10.6. The summed E-state index contributed by atoms with van der Waals surface area (Å²) in [6.45, 7) is 6.38. The van der Waals surface area contributed by atoms with Crippen molar-refractivity contribution in [2.75, 3.05) is 6.54 Å². The first kappa shape index (κ1) is 15.7. The minimum atomic E-state index is 0.524. The maximum absolute atomic E-state index is 4.81. The van der Waals surface area contributed by atoms with Gasteiger partial charge in [-0.3, -0.25) is 0 Å². The van der Waals surface area contributed by atoms with E-state index in [1.165, 1.54) is 36.4 Å². The molecule has 4 nitrogen and oxygen atoms in total. The van der Waals surface area contributed by atoms with Crippen LogP contribution in [0.5, 0.6) is 0 Å². The third-order valence-corrected chi connectivity index (χ3v) is 5.67. The van der Waals surface area contributed by atoms with Crippen molar-refractivity contribution in [3.05, 3.63) is 33.8 Å². The van der Waals surface area contributed by atoms with Crippen molar-refractivity contribution >= 4 is 11.3 Å². The molecule has 22 heavy (non-hydrogen) atoms. The normalized spacial score (nSPS) is 15.7. The van der Waals surface area contributed by atoms with Gasteiger partial charge in [0.05, 0.1) is 10.7 Å². The van der Waals surface area contributed by atoms with Crippen molar-refractivity contribution in [2.24, 2.45) is 0 Å². The summed E-state index contributed by atoms with van der Waals surface area (Å²) in [5, 5.41) is 4.94. The zero-order valence-electron chi connectivity index (χ0n) is 13.6. The van der Waals surface area contributed by atoms with Gasteiger partial charge in [0.2, 0.25) is 0 Å². The molecule has 0 aliphatic heterocycles. The highest BCUT2D eigenvalue weighted by Gasteiger charge is 2.14. The minimum Gasteiger partial charge on any atom is -0.335 e. The van der Waals surface area contributed by atoms with Crippen LogP contribution in [0.15, 0.2) is 12.4 Å². The molecule has 0 aromatic carbocycles.